The summed E-state index contributed by atoms with van der Waals surface area (Å²) in [6.45, 7) is 2.95. The second kappa shape index (κ2) is 3.95. The van der Waals surface area contributed by atoms with E-state index in [0.29, 0.717) is 13.1 Å². The van der Waals surface area contributed by atoms with E-state index in [0.717, 1.165) is 13.1 Å². The highest BCUT2D eigenvalue weighted by Crippen LogP contribution is 2.08. The van der Waals surface area contributed by atoms with E-state index in [4.69, 9.17) is 0 Å². The predicted octanol–water partition coefficient (Wildman–Crippen LogP) is -0.532. The number of aromatic nitrogens is 2. The van der Waals surface area contributed by atoms with Crippen LogP contribution in [-0.2, 0) is 6.54 Å². The molecule has 82 valence electrons. The molecule has 1 atom stereocenters. The van der Waals surface area contributed by atoms with Crippen LogP contribution >= 0.6 is 0 Å². The van der Waals surface area contributed by atoms with Gasteiger partial charge in [0.1, 0.15) is 0 Å². The highest BCUT2D eigenvalue weighted by molar-refractivity contribution is 5.13. The molecular weight excluding hydrogens is 200 g/mol. The number of hydrogen-bond acceptors (Lipinski definition) is 5. The molecule has 0 bridgehead atoms. The van der Waals surface area contributed by atoms with Gasteiger partial charge in [-0.3, -0.25) is 4.90 Å². The van der Waals surface area contributed by atoms with E-state index in [9.17, 15) is 15.2 Å². The topological polar surface area (TPSA) is 84.2 Å². The number of aliphatic hydroxyl groups excluding tert-OH is 1. The molecule has 1 unspecified atom stereocenters. The van der Waals surface area contributed by atoms with Gasteiger partial charge in [-0.1, -0.05) is 0 Å². The summed E-state index contributed by atoms with van der Waals surface area (Å²) in [5, 5.41) is 23.7. The molecule has 0 radical (unpaired) electrons. The first kappa shape index (κ1) is 10.1. The molecule has 0 amide bonds. The lowest BCUT2D eigenvalue weighted by Crippen LogP contribution is -2.24. The summed E-state index contributed by atoms with van der Waals surface area (Å²) in [5.41, 5.74) is 0. The first-order valence-corrected chi connectivity index (χ1v) is 4.73. The highest BCUT2D eigenvalue weighted by Gasteiger charge is 2.22. The number of nitrogens with zero attached hydrogens (tertiary/aromatic N) is 4. The van der Waals surface area contributed by atoms with Gasteiger partial charge in [-0.05, 0) is 4.92 Å². The molecular formula is C8H12N4O3. The van der Waals surface area contributed by atoms with Gasteiger partial charge in [0.2, 0.25) is 0 Å². The van der Waals surface area contributed by atoms with Crippen LogP contribution in [0.3, 0.4) is 0 Å². The Hall–Kier alpha value is -1.47. The summed E-state index contributed by atoms with van der Waals surface area (Å²) >= 11 is 0. The molecule has 1 N–H and O–H groups in total. The molecule has 1 aromatic heterocycles. The number of nitro groups is 1. The van der Waals surface area contributed by atoms with Crippen molar-refractivity contribution in [3.63, 3.8) is 0 Å². The predicted molar refractivity (Wildman–Crippen MR) is 51.3 cm³/mol. The van der Waals surface area contributed by atoms with Crippen molar-refractivity contribution in [1.29, 1.82) is 0 Å². The maximum absolute atomic E-state index is 10.3. The summed E-state index contributed by atoms with van der Waals surface area (Å²) in [6, 6.07) is 1.32. The van der Waals surface area contributed by atoms with Crippen molar-refractivity contribution in [3.8, 4) is 0 Å². The van der Waals surface area contributed by atoms with Crippen molar-refractivity contribution >= 4 is 5.82 Å². The number of hydrogen-bond donors (Lipinski definition) is 1. The van der Waals surface area contributed by atoms with Crippen LogP contribution in [0.4, 0.5) is 5.82 Å². The maximum atomic E-state index is 10.3. The first-order valence-electron chi connectivity index (χ1n) is 4.73. The Balaban J connectivity index is 1.88. The van der Waals surface area contributed by atoms with E-state index < -0.39 is 11.0 Å². The van der Waals surface area contributed by atoms with Gasteiger partial charge in [-0.2, -0.15) is 4.68 Å². The van der Waals surface area contributed by atoms with Gasteiger partial charge < -0.3 is 15.2 Å². The van der Waals surface area contributed by atoms with E-state index in [1.807, 2.05) is 0 Å². The van der Waals surface area contributed by atoms with E-state index in [-0.39, 0.29) is 5.82 Å². The summed E-state index contributed by atoms with van der Waals surface area (Å²) < 4.78 is 1.40. The van der Waals surface area contributed by atoms with Crippen molar-refractivity contribution in [2.75, 3.05) is 19.6 Å². The van der Waals surface area contributed by atoms with Gasteiger partial charge in [0.25, 0.3) is 0 Å². The van der Waals surface area contributed by atoms with Crippen molar-refractivity contribution in [2.45, 2.75) is 12.6 Å². The van der Waals surface area contributed by atoms with Gasteiger partial charge in [0.15, 0.2) is 0 Å². The fraction of sp³-hybridized carbons (Fsp3) is 0.625. The lowest BCUT2D eigenvalue weighted by atomic mass is 10.3. The molecule has 1 aliphatic rings. The monoisotopic (exact) mass is 212 g/mol. The molecule has 0 aromatic carbocycles. The molecule has 1 saturated heterocycles. The Bertz CT molecular complexity index is 361. The van der Waals surface area contributed by atoms with E-state index in [2.05, 4.69) is 10.00 Å². The largest absolute Gasteiger partial charge is 0.390 e. The fourth-order valence-electron chi connectivity index (χ4n) is 1.38. The van der Waals surface area contributed by atoms with Crippen molar-refractivity contribution < 1.29 is 10.0 Å². The van der Waals surface area contributed by atoms with Crippen LogP contribution in [0, 0.1) is 10.1 Å². The minimum atomic E-state index is -0.548. The summed E-state index contributed by atoms with van der Waals surface area (Å²) in [7, 11) is 0. The molecule has 7 heteroatoms. The van der Waals surface area contributed by atoms with E-state index in [1.54, 1.807) is 0 Å². The van der Waals surface area contributed by atoms with Gasteiger partial charge >= 0.3 is 5.82 Å². The molecule has 15 heavy (non-hydrogen) atoms. The van der Waals surface area contributed by atoms with Crippen LogP contribution in [0.2, 0.25) is 0 Å². The van der Waals surface area contributed by atoms with Crippen LogP contribution < -0.4 is 0 Å². The van der Waals surface area contributed by atoms with Crippen LogP contribution in [-0.4, -0.2) is 50.4 Å². The third-order valence-corrected chi connectivity index (χ3v) is 2.22. The third kappa shape index (κ3) is 2.74. The quantitative estimate of drug-likeness (QED) is 0.403. The van der Waals surface area contributed by atoms with Gasteiger partial charge in [-0.15, -0.1) is 0 Å². The molecule has 2 rings (SSSR count). The van der Waals surface area contributed by atoms with Gasteiger partial charge in [0, 0.05) is 19.6 Å². The Morgan fingerprint density at radius 1 is 1.60 bits per heavy atom. The third-order valence-electron chi connectivity index (χ3n) is 2.22. The normalized spacial score (nSPS) is 17.7. The smallest absolute Gasteiger partial charge is 0.389 e. The van der Waals surface area contributed by atoms with Crippen molar-refractivity contribution in [2.24, 2.45) is 0 Å². The standard InChI is InChI=1S/C8H12N4O3/c13-7(5-10-3-4-10)6-11-2-1-8(9-11)12(14)15/h1-2,7,13H,3-6H2. The SMILES string of the molecule is O=[N+]([O-])c1ccn(CC(O)CN2CC2)n1. The average Bonchev–Trinajstić information content (AvgIpc) is 2.82. The second-order valence-corrected chi connectivity index (χ2v) is 3.61. The highest BCUT2D eigenvalue weighted by atomic mass is 16.6. The molecule has 7 nitrogen and oxygen atoms in total. The zero-order valence-corrected chi connectivity index (χ0v) is 8.11. The Labute approximate surface area is 86.1 Å². The Kier molecular flexibility index (Phi) is 2.65. The Morgan fingerprint density at radius 2 is 2.33 bits per heavy atom. The zero-order valence-electron chi connectivity index (χ0n) is 8.11. The van der Waals surface area contributed by atoms with Crippen LogP contribution in [0.5, 0.6) is 0 Å². The lowest BCUT2D eigenvalue weighted by Gasteiger charge is -2.08. The van der Waals surface area contributed by atoms with Crippen LogP contribution in [0.15, 0.2) is 12.3 Å². The lowest BCUT2D eigenvalue weighted by molar-refractivity contribution is -0.389. The summed E-state index contributed by atoms with van der Waals surface area (Å²) in [6.07, 6.45) is 0.982. The number of β-amino-alcohol motifs (C(OH)–C–C–N with tert-alkyl or cyclic N) is 1. The van der Waals surface area contributed by atoms with Crippen molar-refractivity contribution in [3.05, 3.63) is 22.4 Å². The van der Waals surface area contributed by atoms with Crippen molar-refractivity contribution in [1.82, 2.24) is 14.7 Å². The minimum absolute atomic E-state index is 0.186. The van der Waals surface area contributed by atoms with Gasteiger partial charge in [0.05, 0.1) is 30.0 Å². The molecule has 1 aromatic rings. The molecule has 0 aliphatic carbocycles. The first-order chi connectivity index (χ1) is 7.15. The maximum Gasteiger partial charge on any atom is 0.389 e. The average molecular weight is 212 g/mol. The minimum Gasteiger partial charge on any atom is -0.390 e. The molecule has 1 fully saturated rings. The number of aliphatic hydroxyl groups is 1. The molecule has 0 spiro atoms. The molecule has 2 heterocycles. The number of rotatable bonds is 5. The zero-order chi connectivity index (χ0) is 10.8. The van der Waals surface area contributed by atoms with Gasteiger partial charge in [-0.25, -0.2) is 0 Å². The van der Waals surface area contributed by atoms with E-state index >= 15 is 0 Å². The Morgan fingerprint density at radius 3 is 2.87 bits per heavy atom. The van der Waals surface area contributed by atoms with Crippen LogP contribution in [0.25, 0.3) is 0 Å². The summed E-state index contributed by atoms with van der Waals surface area (Å²) in [4.78, 5) is 11.9. The second-order valence-electron chi connectivity index (χ2n) is 3.61. The van der Waals surface area contributed by atoms with Crippen LogP contribution in [0.1, 0.15) is 0 Å². The molecule has 1 aliphatic heterocycles. The molecule has 0 saturated carbocycles. The van der Waals surface area contributed by atoms with E-state index in [1.165, 1.54) is 16.9 Å². The fourth-order valence-corrected chi connectivity index (χ4v) is 1.38. The summed E-state index contributed by atoms with van der Waals surface area (Å²) in [5.74, 6) is -0.186.